The highest BCUT2D eigenvalue weighted by molar-refractivity contribution is 7.10. The quantitative estimate of drug-likeness (QED) is 0.748. The van der Waals surface area contributed by atoms with E-state index in [0.29, 0.717) is 17.1 Å². The maximum Gasteiger partial charge on any atom is 0.325 e. The molecule has 2 N–H and O–H groups in total. The Bertz CT molecular complexity index is 945. The van der Waals surface area contributed by atoms with Gasteiger partial charge >= 0.3 is 6.03 Å². The van der Waals surface area contributed by atoms with Gasteiger partial charge < -0.3 is 20.1 Å². The van der Waals surface area contributed by atoms with Gasteiger partial charge in [0.15, 0.2) is 11.5 Å². The van der Waals surface area contributed by atoms with Crippen LogP contribution in [0.5, 0.6) is 11.5 Å². The highest BCUT2D eigenvalue weighted by Crippen LogP contribution is 2.37. The molecule has 2 atom stereocenters. The molecule has 1 aromatic carbocycles. The van der Waals surface area contributed by atoms with Crippen LogP contribution in [0.2, 0.25) is 0 Å². The molecule has 4 amide bonds. The van der Waals surface area contributed by atoms with Crippen molar-refractivity contribution in [2.24, 2.45) is 0 Å². The molecule has 2 aromatic rings. The number of carbonyl (C=O) groups excluding carboxylic acids is 3. The van der Waals surface area contributed by atoms with Crippen LogP contribution < -0.4 is 20.1 Å². The number of thiophene rings is 1. The van der Waals surface area contributed by atoms with Gasteiger partial charge in [-0.3, -0.25) is 14.5 Å². The lowest BCUT2D eigenvalue weighted by Crippen LogP contribution is -2.43. The molecule has 1 aromatic heterocycles. The number of rotatable bonds is 5. The zero-order valence-electron chi connectivity index (χ0n) is 15.4. The Morgan fingerprint density at radius 1 is 1.32 bits per heavy atom. The van der Waals surface area contributed by atoms with Crippen molar-refractivity contribution < 1.29 is 23.9 Å². The lowest BCUT2D eigenvalue weighted by Gasteiger charge is -2.22. The summed E-state index contributed by atoms with van der Waals surface area (Å²) in [7, 11) is 0. The third kappa shape index (κ3) is 3.07. The largest absolute Gasteiger partial charge is 0.454 e. The number of ether oxygens (including phenoxy) is 2. The van der Waals surface area contributed by atoms with Crippen molar-refractivity contribution in [2.45, 2.75) is 25.4 Å². The fourth-order valence-electron chi connectivity index (χ4n) is 3.28. The topological polar surface area (TPSA) is 97.0 Å². The fraction of sp³-hybridized carbons (Fsp3) is 0.316. The third-order valence-corrected chi connectivity index (χ3v) is 5.93. The SMILES string of the molecule is C[C@@H](NC(=O)CN1C(=O)N[C@](C)(c2ccc3c(c2)OCO3)C1=O)c1cccs1. The summed E-state index contributed by atoms with van der Waals surface area (Å²) in [5.41, 5.74) is -0.720. The normalized spacial score (nSPS) is 21.6. The molecule has 0 spiro atoms. The first-order valence-electron chi connectivity index (χ1n) is 8.75. The zero-order chi connectivity index (χ0) is 19.9. The van der Waals surface area contributed by atoms with Gasteiger partial charge in [-0.25, -0.2) is 4.79 Å². The van der Waals surface area contributed by atoms with E-state index < -0.39 is 23.4 Å². The predicted molar refractivity (Wildman–Crippen MR) is 101 cm³/mol. The first kappa shape index (κ1) is 18.3. The summed E-state index contributed by atoms with van der Waals surface area (Å²) in [6.07, 6.45) is 0. The first-order valence-corrected chi connectivity index (χ1v) is 9.63. The molecule has 1 saturated heterocycles. The van der Waals surface area contributed by atoms with Crippen LogP contribution in [0.4, 0.5) is 4.79 Å². The Labute approximate surface area is 165 Å². The summed E-state index contributed by atoms with van der Waals surface area (Å²) in [6, 6.07) is 8.08. The van der Waals surface area contributed by atoms with Gasteiger partial charge in [0, 0.05) is 4.88 Å². The summed E-state index contributed by atoms with van der Waals surface area (Å²) in [6.45, 7) is 3.23. The van der Waals surface area contributed by atoms with Crippen LogP contribution in [-0.4, -0.2) is 36.1 Å². The number of hydrogen-bond acceptors (Lipinski definition) is 6. The molecule has 0 radical (unpaired) electrons. The molecule has 2 aliphatic rings. The molecule has 0 aliphatic carbocycles. The second kappa shape index (κ2) is 6.83. The standard InChI is InChI=1S/C19H19N3O5S/c1-11(15-4-3-7-28-15)20-16(23)9-22-17(24)19(2,21-18(22)25)12-5-6-13-14(8-12)27-10-26-13/h3-8,11H,9-10H2,1-2H3,(H,20,23)(H,21,25)/t11-,19-/m1/s1. The second-order valence-electron chi connectivity index (χ2n) is 6.82. The Morgan fingerprint density at radius 2 is 2.11 bits per heavy atom. The molecule has 3 heterocycles. The van der Waals surface area contributed by atoms with Crippen molar-refractivity contribution in [1.82, 2.24) is 15.5 Å². The highest BCUT2D eigenvalue weighted by Gasteiger charge is 2.49. The maximum absolute atomic E-state index is 13.0. The van der Waals surface area contributed by atoms with Crippen LogP contribution >= 0.6 is 11.3 Å². The number of hydrogen-bond donors (Lipinski definition) is 2. The lowest BCUT2D eigenvalue weighted by atomic mass is 9.91. The van der Waals surface area contributed by atoms with Crippen LogP contribution in [-0.2, 0) is 15.1 Å². The number of fused-ring (bicyclic) bond motifs is 1. The Morgan fingerprint density at radius 3 is 2.86 bits per heavy atom. The minimum absolute atomic E-state index is 0.116. The summed E-state index contributed by atoms with van der Waals surface area (Å²) < 4.78 is 10.6. The van der Waals surface area contributed by atoms with E-state index in [1.807, 2.05) is 24.4 Å². The summed E-state index contributed by atoms with van der Waals surface area (Å²) in [5, 5.41) is 7.42. The van der Waals surface area contributed by atoms with Gasteiger partial charge in [-0.15, -0.1) is 11.3 Å². The van der Waals surface area contributed by atoms with Crippen LogP contribution in [0.3, 0.4) is 0 Å². The van der Waals surface area contributed by atoms with E-state index in [0.717, 1.165) is 9.78 Å². The molecule has 0 bridgehead atoms. The summed E-state index contributed by atoms with van der Waals surface area (Å²) in [4.78, 5) is 39.7. The van der Waals surface area contributed by atoms with E-state index >= 15 is 0 Å². The van der Waals surface area contributed by atoms with Gasteiger partial charge in [0.25, 0.3) is 5.91 Å². The molecule has 0 unspecified atom stereocenters. The van der Waals surface area contributed by atoms with Gasteiger partial charge in [0.2, 0.25) is 12.7 Å². The predicted octanol–water partition coefficient (Wildman–Crippen LogP) is 2.12. The third-order valence-electron chi connectivity index (χ3n) is 4.87. The van der Waals surface area contributed by atoms with E-state index in [9.17, 15) is 14.4 Å². The number of imide groups is 1. The van der Waals surface area contributed by atoms with Crippen LogP contribution in [0.1, 0.15) is 30.3 Å². The van der Waals surface area contributed by atoms with Crippen molar-refractivity contribution >= 4 is 29.2 Å². The van der Waals surface area contributed by atoms with E-state index in [1.54, 1.807) is 25.1 Å². The molecule has 4 rings (SSSR count). The first-order chi connectivity index (χ1) is 13.4. The number of urea groups is 1. The summed E-state index contributed by atoms with van der Waals surface area (Å²) >= 11 is 1.53. The van der Waals surface area contributed by atoms with Crippen molar-refractivity contribution in [2.75, 3.05) is 13.3 Å². The van der Waals surface area contributed by atoms with Gasteiger partial charge in [0.05, 0.1) is 6.04 Å². The highest BCUT2D eigenvalue weighted by atomic mass is 32.1. The summed E-state index contributed by atoms with van der Waals surface area (Å²) in [5.74, 6) is 0.208. The number of benzene rings is 1. The van der Waals surface area contributed by atoms with E-state index in [1.165, 1.54) is 11.3 Å². The lowest BCUT2D eigenvalue weighted by molar-refractivity contribution is -0.135. The fourth-order valence-corrected chi connectivity index (χ4v) is 4.02. The Kier molecular flexibility index (Phi) is 4.46. The van der Waals surface area contributed by atoms with Crippen molar-refractivity contribution in [3.05, 3.63) is 46.2 Å². The minimum atomic E-state index is -1.28. The smallest absolute Gasteiger partial charge is 0.325 e. The molecule has 146 valence electrons. The Hall–Kier alpha value is -3.07. The number of amides is 4. The van der Waals surface area contributed by atoms with Gasteiger partial charge in [-0.1, -0.05) is 12.1 Å². The van der Waals surface area contributed by atoms with E-state index in [-0.39, 0.29) is 19.4 Å². The number of nitrogens with one attached hydrogen (secondary N) is 2. The molecular formula is C19H19N3O5S. The van der Waals surface area contributed by atoms with Gasteiger partial charge in [-0.05, 0) is 43.0 Å². The van der Waals surface area contributed by atoms with Crippen molar-refractivity contribution in [1.29, 1.82) is 0 Å². The minimum Gasteiger partial charge on any atom is -0.454 e. The molecular weight excluding hydrogens is 382 g/mol. The van der Waals surface area contributed by atoms with Gasteiger partial charge in [0.1, 0.15) is 12.1 Å². The van der Waals surface area contributed by atoms with Crippen LogP contribution in [0.25, 0.3) is 0 Å². The van der Waals surface area contributed by atoms with Crippen molar-refractivity contribution in [3.8, 4) is 11.5 Å². The van der Waals surface area contributed by atoms with E-state index in [4.69, 9.17) is 9.47 Å². The average molecular weight is 401 g/mol. The maximum atomic E-state index is 13.0. The molecule has 9 heteroatoms. The molecule has 28 heavy (non-hydrogen) atoms. The monoisotopic (exact) mass is 401 g/mol. The molecule has 0 saturated carbocycles. The number of nitrogens with zero attached hydrogens (tertiary/aromatic N) is 1. The van der Waals surface area contributed by atoms with Crippen LogP contribution in [0, 0.1) is 0 Å². The van der Waals surface area contributed by atoms with Gasteiger partial charge in [-0.2, -0.15) is 0 Å². The second-order valence-corrected chi connectivity index (χ2v) is 7.80. The van der Waals surface area contributed by atoms with Crippen LogP contribution in [0.15, 0.2) is 35.7 Å². The Balaban J connectivity index is 1.48. The van der Waals surface area contributed by atoms with E-state index in [2.05, 4.69) is 10.6 Å². The average Bonchev–Trinajstić information content (AvgIpc) is 3.39. The zero-order valence-corrected chi connectivity index (χ0v) is 16.2. The number of carbonyl (C=O) groups is 3. The molecule has 8 nitrogen and oxygen atoms in total. The molecule has 2 aliphatic heterocycles. The molecule has 1 fully saturated rings. The van der Waals surface area contributed by atoms with Crippen molar-refractivity contribution in [3.63, 3.8) is 0 Å².